The molecule has 24 heavy (non-hydrogen) atoms. The van der Waals surface area contributed by atoms with Gasteiger partial charge in [-0.15, -0.1) is 0 Å². The number of carbonyl (C=O) groups is 1. The molecule has 3 rings (SSSR count). The quantitative estimate of drug-likeness (QED) is 0.794. The minimum absolute atomic E-state index is 0.230. The van der Waals surface area contributed by atoms with Crippen LogP contribution < -0.4 is 11.1 Å². The molecular formula is C17H19N5O2. The Bertz CT molecular complexity index is 765. The minimum atomic E-state index is -0.673. The van der Waals surface area contributed by atoms with Crippen molar-refractivity contribution in [3.8, 4) is 6.07 Å². The lowest BCUT2D eigenvalue weighted by Crippen LogP contribution is -2.34. The van der Waals surface area contributed by atoms with Crippen LogP contribution in [-0.4, -0.2) is 26.9 Å². The molecule has 0 unspecified atom stereocenters. The van der Waals surface area contributed by atoms with Gasteiger partial charge in [0.2, 0.25) is 0 Å². The van der Waals surface area contributed by atoms with E-state index in [-0.39, 0.29) is 11.5 Å². The number of aliphatic hydroxyl groups excluding tert-OH is 1. The average molecular weight is 325 g/mol. The summed E-state index contributed by atoms with van der Waals surface area (Å²) >= 11 is 0. The van der Waals surface area contributed by atoms with Crippen LogP contribution >= 0.6 is 0 Å². The summed E-state index contributed by atoms with van der Waals surface area (Å²) < 4.78 is 1.50. The zero-order valence-electron chi connectivity index (χ0n) is 13.1. The largest absolute Gasteiger partial charge is 0.391 e. The van der Waals surface area contributed by atoms with Crippen LogP contribution in [0.5, 0.6) is 0 Å². The van der Waals surface area contributed by atoms with Gasteiger partial charge in [0.05, 0.1) is 24.1 Å². The summed E-state index contributed by atoms with van der Waals surface area (Å²) in [5.74, 6) is -0.638. The van der Waals surface area contributed by atoms with Crippen molar-refractivity contribution >= 4 is 17.4 Å². The van der Waals surface area contributed by atoms with Gasteiger partial charge in [0.15, 0.2) is 5.82 Å². The van der Waals surface area contributed by atoms with Crippen LogP contribution in [0.2, 0.25) is 0 Å². The number of anilines is 2. The Kier molecular flexibility index (Phi) is 4.49. The van der Waals surface area contributed by atoms with Crippen molar-refractivity contribution < 1.29 is 9.90 Å². The Hall–Kier alpha value is -2.85. The maximum atomic E-state index is 11.7. The van der Waals surface area contributed by atoms with Crippen molar-refractivity contribution in [2.45, 2.75) is 31.4 Å². The van der Waals surface area contributed by atoms with Gasteiger partial charge in [-0.3, -0.25) is 9.48 Å². The summed E-state index contributed by atoms with van der Waals surface area (Å²) in [6.45, 7) is 0. The van der Waals surface area contributed by atoms with Crippen molar-refractivity contribution in [1.82, 2.24) is 9.78 Å². The normalized spacial score (nSPS) is 23.4. The summed E-state index contributed by atoms with van der Waals surface area (Å²) in [5, 5.41) is 27.1. The Balaban J connectivity index is 1.96. The molecule has 1 aromatic heterocycles. The Labute approximate surface area is 139 Å². The lowest BCUT2D eigenvalue weighted by atomic mass is 9.83. The second kappa shape index (κ2) is 6.72. The zero-order chi connectivity index (χ0) is 17.1. The molecule has 1 amide bonds. The smallest absolute Gasteiger partial charge is 0.254 e. The number of benzene rings is 1. The van der Waals surface area contributed by atoms with E-state index in [4.69, 9.17) is 5.73 Å². The first kappa shape index (κ1) is 16.0. The third kappa shape index (κ3) is 3.09. The number of amides is 1. The molecule has 1 fully saturated rings. The van der Waals surface area contributed by atoms with Crippen LogP contribution in [-0.2, 0) is 0 Å². The molecule has 1 aliphatic rings. The van der Waals surface area contributed by atoms with Crippen molar-refractivity contribution in [1.29, 1.82) is 5.26 Å². The minimum Gasteiger partial charge on any atom is -0.391 e. The second-order valence-corrected chi connectivity index (χ2v) is 5.95. The van der Waals surface area contributed by atoms with Gasteiger partial charge in [-0.1, -0.05) is 18.2 Å². The van der Waals surface area contributed by atoms with E-state index in [2.05, 4.69) is 16.5 Å². The van der Waals surface area contributed by atoms with Crippen molar-refractivity contribution in [3.05, 3.63) is 42.1 Å². The molecule has 4 N–H and O–H groups in total. The molecule has 1 aliphatic carbocycles. The van der Waals surface area contributed by atoms with Gasteiger partial charge in [-0.2, -0.15) is 10.4 Å². The number of rotatable bonds is 4. The molecule has 0 spiro atoms. The number of nitriles is 1. The SMILES string of the molecule is N#C[C@H]1CCC[C@H](O)[C@@H]1n1cc(C(N)=O)c(Nc2ccccc2)n1. The van der Waals surface area contributed by atoms with Crippen molar-refractivity contribution in [2.75, 3.05) is 5.32 Å². The summed E-state index contributed by atoms with van der Waals surface area (Å²) in [4.78, 5) is 11.7. The summed E-state index contributed by atoms with van der Waals surface area (Å²) in [6.07, 6.45) is 2.95. The van der Waals surface area contributed by atoms with E-state index in [0.29, 0.717) is 18.7 Å². The Morgan fingerprint density at radius 3 is 2.79 bits per heavy atom. The summed E-state index contributed by atoms with van der Waals surface area (Å²) in [7, 11) is 0. The van der Waals surface area contributed by atoms with Crippen LogP contribution in [0, 0.1) is 17.2 Å². The van der Waals surface area contributed by atoms with Gasteiger partial charge in [0.1, 0.15) is 5.56 Å². The highest BCUT2D eigenvalue weighted by Crippen LogP contribution is 2.34. The standard InChI is InChI=1S/C17H19N5O2/c18-9-11-5-4-8-14(23)15(11)22-10-13(16(19)24)17(21-22)20-12-6-2-1-3-7-12/h1-3,6-7,10-11,14-15,23H,4-5,8H2,(H2,19,24)(H,20,21)/t11-,14+,15-/m1/s1. The highest BCUT2D eigenvalue weighted by molar-refractivity contribution is 5.98. The van der Waals surface area contributed by atoms with E-state index in [1.54, 1.807) is 0 Å². The molecule has 0 aliphatic heterocycles. The number of nitrogens with two attached hydrogens (primary N) is 1. The number of carbonyl (C=O) groups excluding carboxylic acids is 1. The maximum absolute atomic E-state index is 11.7. The monoisotopic (exact) mass is 325 g/mol. The van der Waals surface area contributed by atoms with Crippen LogP contribution in [0.25, 0.3) is 0 Å². The van der Waals surface area contributed by atoms with Crippen LogP contribution in [0.3, 0.4) is 0 Å². The molecule has 7 heteroatoms. The second-order valence-electron chi connectivity index (χ2n) is 5.95. The number of aliphatic hydroxyl groups is 1. The van der Waals surface area contributed by atoms with E-state index >= 15 is 0 Å². The number of hydrogen-bond acceptors (Lipinski definition) is 5. The Morgan fingerprint density at radius 2 is 2.12 bits per heavy atom. The van der Waals surface area contributed by atoms with Crippen molar-refractivity contribution in [3.63, 3.8) is 0 Å². The lowest BCUT2D eigenvalue weighted by Gasteiger charge is -2.31. The number of primary amides is 1. The molecule has 124 valence electrons. The molecule has 1 heterocycles. The molecule has 2 aromatic rings. The van der Waals surface area contributed by atoms with E-state index in [0.717, 1.165) is 12.1 Å². The number of nitrogens with zero attached hydrogens (tertiary/aromatic N) is 3. The number of hydrogen-bond donors (Lipinski definition) is 3. The molecule has 1 aromatic carbocycles. The molecule has 3 atom stereocenters. The van der Waals surface area contributed by atoms with Gasteiger partial charge >= 0.3 is 0 Å². The highest BCUT2D eigenvalue weighted by atomic mass is 16.3. The first-order chi connectivity index (χ1) is 11.6. The number of nitrogens with one attached hydrogen (secondary N) is 1. The van der Waals surface area contributed by atoms with E-state index in [9.17, 15) is 15.2 Å². The van der Waals surface area contributed by atoms with Crippen LogP contribution in [0.1, 0.15) is 35.7 Å². The third-order valence-electron chi connectivity index (χ3n) is 4.33. The molecule has 7 nitrogen and oxygen atoms in total. The zero-order valence-corrected chi connectivity index (χ0v) is 13.1. The predicted molar refractivity (Wildman–Crippen MR) is 88.5 cm³/mol. The predicted octanol–water partition coefficient (Wildman–Crippen LogP) is 1.95. The summed E-state index contributed by atoms with van der Waals surface area (Å²) in [5.41, 5.74) is 6.45. The van der Waals surface area contributed by atoms with Gasteiger partial charge in [0.25, 0.3) is 5.91 Å². The molecule has 0 bridgehead atoms. The van der Waals surface area contributed by atoms with Gasteiger partial charge in [0, 0.05) is 11.9 Å². The van der Waals surface area contributed by atoms with Crippen molar-refractivity contribution in [2.24, 2.45) is 11.7 Å². The van der Waals surface area contributed by atoms with Gasteiger partial charge in [-0.05, 0) is 31.4 Å². The van der Waals surface area contributed by atoms with E-state index in [1.165, 1.54) is 10.9 Å². The Morgan fingerprint density at radius 1 is 1.38 bits per heavy atom. The molecular weight excluding hydrogens is 306 g/mol. The molecule has 0 radical (unpaired) electrons. The van der Waals surface area contributed by atoms with Crippen LogP contribution in [0.15, 0.2) is 36.5 Å². The molecule has 1 saturated carbocycles. The first-order valence-corrected chi connectivity index (χ1v) is 7.89. The number of aromatic nitrogens is 2. The van der Waals surface area contributed by atoms with Gasteiger partial charge in [-0.25, -0.2) is 0 Å². The third-order valence-corrected chi connectivity index (χ3v) is 4.33. The van der Waals surface area contributed by atoms with E-state index < -0.39 is 18.1 Å². The first-order valence-electron chi connectivity index (χ1n) is 7.89. The fourth-order valence-corrected chi connectivity index (χ4v) is 3.13. The van der Waals surface area contributed by atoms with E-state index in [1.807, 2.05) is 30.3 Å². The molecule has 0 saturated heterocycles. The maximum Gasteiger partial charge on any atom is 0.254 e. The summed E-state index contributed by atoms with van der Waals surface area (Å²) in [6, 6.07) is 11.0. The fraction of sp³-hybridized carbons (Fsp3) is 0.353. The number of para-hydroxylation sites is 1. The van der Waals surface area contributed by atoms with Gasteiger partial charge < -0.3 is 16.2 Å². The topological polar surface area (TPSA) is 117 Å². The highest BCUT2D eigenvalue weighted by Gasteiger charge is 2.35. The van der Waals surface area contributed by atoms with Crippen LogP contribution in [0.4, 0.5) is 11.5 Å². The average Bonchev–Trinajstić information content (AvgIpc) is 2.99. The fourth-order valence-electron chi connectivity index (χ4n) is 3.13. The lowest BCUT2D eigenvalue weighted by molar-refractivity contribution is 0.0494.